The Labute approximate surface area is 410 Å². The first-order chi connectivity index (χ1) is 32.3. The van der Waals surface area contributed by atoms with E-state index in [1.54, 1.807) is 38.0 Å². The van der Waals surface area contributed by atoms with E-state index in [0.29, 0.717) is 70.0 Å². The first-order valence-corrected chi connectivity index (χ1v) is 24.9. The molecule has 3 saturated heterocycles. The Morgan fingerprint density at radius 3 is 2.19 bits per heavy atom. The highest BCUT2D eigenvalue weighted by Crippen LogP contribution is 2.39. The molecule has 4 heterocycles. The average molecular weight is 976 g/mol. The summed E-state index contributed by atoms with van der Waals surface area (Å²) in [4.78, 5) is 75.8. The summed E-state index contributed by atoms with van der Waals surface area (Å²) in [6.07, 6.45) is 5.61. The molecule has 14 atom stereocenters. The van der Waals surface area contributed by atoms with Gasteiger partial charge in [-0.05, 0) is 103 Å². The molecule has 0 unspecified atom stereocenters. The number of amides is 2. The minimum atomic E-state index is -2.55. The van der Waals surface area contributed by atoms with Crippen molar-refractivity contribution in [1.29, 1.82) is 0 Å². The molecule has 4 fully saturated rings. The van der Waals surface area contributed by atoms with E-state index >= 15 is 0 Å². The summed E-state index contributed by atoms with van der Waals surface area (Å²) >= 11 is 0. The second-order valence-electron chi connectivity index (χ2n) is 20.3. The molecule has 5 rings (SSSR count). The summed E-state index contributed by atoms with van der Waals surface area (Å²) in [6, 6.07) is -1.19. The van der Waals surface area contributed by atoms with Crippen LogP contribution in [0.5, 0.6) is 0 Å². The summed E-state index contributed by atoms with van der Waals surface area (Å²) in [6.45, 7) is 11.7. The maximum absolute atomic E-state index is 14.6. The second kappa shape index (κ2) is 26.8. The number of ether oxygens (including phenoxy) is 6. The number of hydrogen-bond acceptors (Lipinski definition) is 15. The lowest BCUT2D eigenvalue weighted by molar-refractivity contribution is -0.302. The predicted octanol–water partition coefficient (Wildman–Crippen LogP) is 5.03. The van der Waals surface area contributed by atoms with Crippen molar-refractivity contribution in [2.24, 2.45) is 29.6 Å². The zero-order valence-corrected chi connectivity index (χ0v) is 42.0. The number of likely N-dealkylation sites (N-methyl/N-ethyl adjacent to an activating group) is 1. The van der Waals surface area contributed by atoms with E-state index in [9.17, 15) is 39.3 Å². The van der Waals surface area contributed by atoms with Crippen molar-refractivity contribution in [3.05, 3.63) is 35.5 Å². The van der Waals surface area contributed by atoms with E-state index in [1.807, 2.05) is 40.0 Å². The minimum absolute atomic E-state index is 0. The summed E-state index contributed by atoms with van der Waals surface area (Å²) in [5, 5.41) is 33.6. The van der Waals surface area contributed by atoms with Crippen LogP contribution >= 0.6 is 0 Å². The number of aliphatic hydroxyl groups excluding tert-OH is 2. The molecule has 0 aromatic rings. The third-order valence-electron chi connectivity index (χ3n) is 15.1. The van der Waals surface area contributed by atoms with Crippen LogP contribution in [0.15, 0.2) is 35.5 Å². The number of allylic oxidation sites excluding steroid dienone is 4. The summed E-state index contributed by atoms with van der Waals surface area (Å²) < 4.78 is 36.3. The fraction of sp³-hybridized carbons (Fsp3) is 0.788. The van der Waals surface area contributed by atoms with Crippen molar-refractivity contribution >= 4 is 29.5 Å². The van der Waals surface area contributed by atoms with Gasteiger partial charge in [0.1, 0.15) is 30.1 Å². The summed E-state index contributed by atoms with van der Waals surface area (Å²) in [5.74, 6) is -8.24. The van der Waals surface area contributed by atoms with Crippen molar-refractivity contribution in [2.45, 2.75) is 167 Å². The van der Waals surface area contributed by atoms with Crippen molar-refractivity contribution in [3.8, 4) is 0 Å². The third kappa shape index (κ3) is 14.8. The van der Waals surface area contributed by atoms with Crippen LogP contribution in [0.3, 0.4) is 0 Å². The number of Topliss-reactive ketones (excluding diaryl/α,β-unsaturated/α-hetero) is 2. The van der Waals surface area contributed by atoms with Gasteiger partial charge in [0.2, 0.25) is 5.79 Å². The number of fused-ring (bicyclic) bond motifs is 3. The van der Waals surface area contributed by atoms with Crippen molar-refractivity contribution in [1.82, 2.24) is 14.7 Å². The molecule has 3 N–H and O–H groups in total. The van der Waals surface area contributed by atoms with Gasteiger partial charge in [0, 0.05) is 78.2 Å². The van der Waals surface area contributed by atoms with Gasteiger partial charge < -0.3 is 58.4 Å². The molecule has 0 aromatic heterocycles. The van der Waals surface area contributed by atoms with E-state index in [-0.39, 0.29) is 63.6 Å². The van der Waals surface area contributed by atoms with Crippen LogP contribution in [0, 0.1) is 29.6 Å². The lowest BCUT2D eigenvalue weighted by Crippen LogP contribution is -2.64. The molecule has 69 heavy (non-hydrogen) atoms. The highest BCUT2D eigenvalue weighted by molar-refractivity contribution is 6.39. The molecule has 0 spiro atoms. The molecule has 0 radical (unpaired) electrons. The number of ketones is 2. The van der Waals surface area contributed by atoms with E-state index in [4.69, 9.17) is 28.4 Å². The maximum Gasteiger partial charge on any atom is 0.410 e. The minimum Gasteiger partial charge on any atom is -0.456 e. The molecule has 0 aromatic carbocycles. The monoisotopic (exact) mass is 976 g/mol. The van der Waals surface area contributed by atoms with Gasteiger partial charge in [0.25, 0.3) is 11.7 Å². The number of piperidine rings is 1. The molecule has 5 aliphatic rings. The quantitative estimate of drug-likeness (QED) is 0.157. The van der Waals surface area contributed by atoms with Gasteiger partial charge in [-0.2, -0.15) is 0 Å². The maximum atomic E-state index is 14.6. The Hall–Kier alpha value is -3.55. The number of esters is 1. The molecule has 1 aliphatic carbocycles. The molecular formula is C52H85N3O14. The highest BCUT2D eigenvalue weighted by Gasteiger charge is 2.56. The van der Waals surface area contributed by atoms with Gasteiger partial charge in [-0.3, -0.25) is 14.4 Å². The first-order valence-electron chi connectivity index (χ1n) is 24.9. The van der Waals surface area contributed by atoms with Gasteiger partial charge in [-0.15, -0.1) is 0 Å². The number of hydrogen-bond donors (Lipinski definition) is 3. The lowest BCUT2D eigenvalue weighted by atomic mass is 9.81. The smallest absolute Gasteiger partial charge is 0.410 e. The van der Waals surface area contributed by atoms with Crippen molar-refractivity contribution in [3.63, 3.8) is 0 Å². The number of methoxy groups -OCH3 is 3. The number of aliphatic hydroxyl groups is 3. The van der Waals surface area contributed by atoms with E-state index < -0.39 is 90.0 Å². The van der Waals surface area contributed by atoms with E-state index in [1.165, 1.54) is 19.1 Å². The van der Waals surface area contributed by atoms with Gasteiger partial charge >= 0.3 is 12.1 Å². The van der Waals surface area contributed by atoms with Crippen LogP contribution in [-0.4, -0.2) is 182 Å². The van der Waals surface area contributed by atoms with Gasteiger partial charge in [-0.25, -0.2) is 9.59 Å². The van der Waals surface area contributed by atoms with Crippen LogP contribution in [0.1, 0.15) is 113 Å². The van der Waals surface area contributed by atoms with Crippen LogP contribution in [-0.2, 0) is 47.6 Å². The largest absolute Gasteiger partial charge is 0.456 e. The zero-order chi connectivity index (χ0) is 49.9. The molecule has 2 amide bonds. The predicted molar refractivity (Wildman–Crippen MR) is 259 cm³/mol. The average Bonchev–Trinajstić information content (AvgIpc) is 3.32. The van der Waals surface area contributed by atoms with E-state index in [2.05, 4.69) is 4.90 Å². The molecule has 4 aliphatic heterocycles. The van der Waals surface area contributed by atoms with Gasteiger partial charge in [-0.1, -0.05) is 58.1 Å². The number of piperazine rings is 1. The Kier molecular flexibility index (Phi) is 22.5. The van der Waals surface area contributed by atoms with E-state index in [0.717, 1.165) is 18.7 Å². The molecule has 392 valence electrons. The normalized spacial score (nSPS) is 37.5. The molecule has 17 heteroatoms. The Morgan fingerprint density at radius 1 is 0.870 bits per heavy atom. The summed E-state index contributed by atoms with van der Waals surface area (Å²) in [5.41, 5.74) is 1.53. The number of carbonyl (C=O) groups is 5. The molecule has 2 bridgehead atoms. The fourth-order valence-electron chi connectivity index (χ4n) is 10.9. The number of cyclic esters (lactones) is 1. The Bertz CT molecular complexity index is 1820. The standard InChI is InChI=1S/C51H81N3O14.CH4/c1-31-24-32(2)26-43(64-8)46-44(65-9)28-34(4)51(62,68-46)47(58)48(59)54-18-12-10-15-38(54)49(60)67-45(35(5)39(56)30-40(57)37(25-31)14-11-13-23-55)33(3)27-36-16-17-41(42(29-36)63-7)66-50(61)53-21-19-52(6)20-22-53;/h11,13,25,27,32,34-39,41-46,55-56,62H,10,12,14-24,26,28-30H2,1-9H3;1H4/b13-11+,31-25+,33-27+;/t32-,34+,35+,36-,37+,38-,39-,41+,42+,43-,44-,45+,46+,51+;/m0./s1. The lowest BCUT2D eigenvalue weighted by Gasteiger charge is -2.47. The molecule has 17 nitrogen and oxygen atoms in total. The zero-order valence-electron chi connectivity index (χ0n) is 42.0. The highest BCUT2D eigenvalue weighted by atomic mass is 16.7. The SMILES string of the molecule is C.CO[C@H]1C[C@@H](C)C/C(C)=C/[C@@H](C/C=C/CO)C(=O)C[C@H](O)[C@@H](C)[C@@H](/C(C)=C/[C@@H]2CC[C@@H](OC(=O)N3CCN(C)CC3)[C@H](OC)C2)OC(=O)[C@@H]2CCCCN2C(=O)C(=O)[C@]2(O)O[C@H]1[C@@H](OC)C[C@H]2C. The topological polar surface area (TPSA) is 211 Å². The van der Waals surface area contributed by atoms with Crippen LogP contribution in [0.2, 0.25) is 0 Å². The number of carbonyl (C=O) groups excluding carboxylic acids is 5. The first kappa shape index (κ1) is 58.0. The van der Waals surface area contributed by atoms with Gasteiger partial charge in [0.05, 0.1) is 31.0 Å². The second-order valence-corrected chi connectivity index (χ2v) is 20.3. The summed E-state index contributed by atoms with van der Waals surface area (Å²) in [7, 11) is 6.64. The van der Waals surface area contributed by atoms with Gasteiger partial charge in [0.15, 0.2) is 0 Å². The van der Waals surface area contributed by atoms with Crippen LogP contribution < -0.4 is 0 Å². The van der Waals surface area contributed by atoms with Crippen molar-refractivity contribution in [2.75, 3.05) is 67.7 Å². The number of rotatable bonds is 9. The van der Waals surface area contributed by atoms with Crippen molar-refractivity contribution < 1.29 is 67.7 Å². The Balaban J connectivity index is 0.0000104. The van der Waals surface area contributed by atoms with Crippen LogP contribution in [0.25, 0.3) is 0 Å². The molecule has 1 saturated carbocycles. The third-order valence-corrected chi connectivity index (χ3v) is 15.1. The number of nitrogens with zero attached hydrogens (tertiary/aromatic N) is 3. The Morgan fingerprint density at radius 2 is 1.54 bits per heavy atom. The molecular weight excluding hydrogens is 891 g/mol. The fourth-order valence-corrected chi connectivity index (χ4v) is 10.9. The van der Waals surface area contributed by atoms with Crippen LogP contribution in [0.4, 0.5) is 4.79 Å².